The first-order valence-electron chi connectivity index (χ1n) is 27.6. The molecule has 0 unspecified atom stereocenters. The molecule has 8 rings (SSSR count). The monoisotopic (exact) mass is 1160 g/mol. The van der Waals surface area contributed by atoms with Crippen LogP contribution in [0.25, 0.3) is 10.8 Å². The number of phenols is 3. The van der Waals surface area contributed by atoms with Crippen molar-refractivity contribution in [3.63, 3.8) is 0 Å². The zero-order chi connectivity index (χ0) is 60.4. The summed E-state index contributed by atoms with van der Waals surface area (Å²) in [5, 5.41) is 79.3. The number of anilines is 1. The van der Waals surface area contributed by atoms with Crippen molar-refractivity contribution in [3.8, 4) is 23.0 Å². The second-order valence-electron chi connectivity index (χ2n) is 21.5. The number of phenolic OH excluding ortho intramolecular Hbond substituents is 3. The average molecular weight is 1160 g/mol. The van der Waals surface area contributed by atoms with Crippen LogP contribution >= 0.6 is 0 Å². The van der Waals surface area contributed by atoms with Gasteiger partial charge in [0.15, 0.2) is 5.75 Å². The molecule has 4 aliphatic rings. The van der Waals surface area contributed by atoms with Crippen LogP contribution in [-0.2, 0) is 52.8 Å². The molecule has 1 fully saturated rings. The van der Waals surface area contributed by atoms with Crippen LogP contribution in [0.4, 0.5) is 10.1 Å². The molecule has 0 spiro atoms. The Hall–Kier alpha value is -7.49. The molecule has 2 aromatic carbocycles. The molecule has 6 heterocycles. The molecular weight excluding hydrogens is 1090 g/mol. The molecule has 452 valence electrons. The predicted molar refractivity (Wildman–Crippen MR) is 300 cm³/mol. The number of carbonyl (C=O) groups is 3. The summed E-state index contributed by atoms with van der Waals surface area (Å²) in [5.74, 6) is -9.85. The minimum atomic E-state index is -2.10. The highest BCUT2D eigenvalue weighted by Crippen LogP contribution is 2.55. The van der Waals surface area contributed by atoms with E-state index >= 15 is 0 Å². The third-order valence-electron chi connectivity index (χ3n) is 15.6. The number of halogens is 1. The van der Waals surface area contributed by atoms with Crippen molar-refractivity contribution in [1.82, 2.24) is 34.9 Å². The SMILES string of the molecule is CO[C@H]1/C=C/O[C@@]2(C)Oc3c(C)c(O)c4c(O)c(c(/C=N/N5CCC(NCOCCOCCn6cc(CCCn7cc(F)c(=O)[nH]c7=O)nn6)CC5)c(O)c4c3C2=O)NC(=O)/C(C)=C\C=C\[C@H](C)[C@H](O)[C@@H](C)[C@@H](O)[C@@H](C)[C@H](OC(C)=O)[C@@H]1C. The number of hydrogen-bond donors (Lipinski definition) is 8. The lowest BCUT2D eigenvalue weighted by molar-refractivity contribution is -0.160. The number of H-pyrrole nitrogens is 1. The fourth-order valence-corrected chi connectivity index (χ4v) is 10.5. The minimum Gasteiger partial charge on any atom is -0.507 e. The van der Waals surface area contributed by atoms with E-state index < -0.39 is 106 Å². The summed E-state index contributed by atoms with van der Waals surface area (Å²) < 4.78 is 51.5. The van der Waals surface area contributed by atoms with Crippen molar-refractivity contribution in [2.24, 2.45) is 28.8 Å². The molecule has 1 amide bonds. The van der Waals surface area contributed by atoms with Gasteiger partial charge >= 0.3 is 17.4 Å². The summed E-state index contributed by atoms with van der Waals surface area (Å²) in [6.45, 7) is 15.2. The minimum absolute atomic E-state index is 0.0200. The Morgan fingerprint density at radius 3 is 2.37 bits per heavy atom. The van der Waals surface area contributed by atoms with Crippen LogP contribution < -0.4 is 26.6 Å². The molecule has 0 saturated carbocycles. The second-order valence-corrected chi connectivity index (χ2v) is 21.5. The van der Waals surface area contributed by atoms with Gasteiger partial charge in [0.1, 0.15) is 23.4 Å². The number of piperidine rings is 1. The lowest BCUT2D eigenvalue weighted by Gasteiger charge is -2.38. The molecule has 0 aliphatic carbocycles. The first-order valence-corrected chi connectivity index (χ1v) is 27.6. The van der Waals surface area contributed by atoms with E-state index in [1.54, 1.807) is 55.7 Å². The second kappa shape index (κ2) is 27.7. The number of ether oxygens (including phenoxy) is 6. The van der Waals surface area contributed by atoms with Crippen LogP contribution in [0.15, 0.2) is 63.2 Å². The lowest BCUT2D eigenvalue weighted by Crippen LogP contribution is -2.46. The molecule has 9 atom stereocenters. The number of aliphatic hydroxyl groups excluding tert-OH is 2. The number of aromatic amines is 1. The number of ketones is 1. The Kier molecular flexibility index (Phi) is 21.1. The van der Waals surface area contributed by atoms with Gasteiger partial charge in [-0.15, -0.1) is 5.10 Å². The van der Waals surface area contributed by atoms with Crippen molar-refractivity contribution in [1.29, 1.82) is 0 Å². The number of fused-ring (bicyclic) bond motifs is 14. The third kappa shape index (κ3) is 14.7. The zero-order valence-electron chi connectivity index (χ0n) is 48.1. The number of aryl methyl sites for hydroxylation is 2. The Bertz CT molecular complexity index is 3240. The number of amides is 1. The van der Waals surface area contributed by atoms with Gasteiger partial charge in [0.2, 0.25) is 5.82 Å². The van der Waals surface area contributed by atoms with Gasteiger partial charge in [0, 0.05) is 93.0 Å². The number of aromatic hydroxyl groups is 3. The maximum absolute atomic E-state index is 14.7. The predicted octanol–water partition coefficient (Wildman–Crippen LogP) is 4.05. The van der Waals surface area contributed by atoms with E-state index in [1.807, 2.05) is 4.98 Å². The molecule has 8 N–H and O–H groups in total. The normalized spacial score (nSPS) is 26.2. The number of methoxy groups -OCH3 is 1. The van der Waals surface area contributed by atoms with Gasteiger partial charge in [0.05, 0.1) is 98.0 Å². The van der Waals surface area contributed by atoms with Gasteiger partial charge in [-0.05, 0) is 45.6 Å². The van der Waals surface area contributed by atoms with Gasteiger partial charge in [0.25, 0.3) is 17.2 Å². The smallest absolute Gasteiger partial charge is 0.328 e. The number of benzene rings is 2. The highest BCUT2D eigenvalue weighted by atomic mass is 19.1. The number of nitrogens with one attached hydrogen (secondary N) is 3. The maximum Gasteiger partial charge on any atom is 0.328 e. The van der Waals surface area contributed by atoms with Crippen LogP contribution in [-0.4, -0.2) is 162 Å². The first-order chi connectivity index (χ1) is 39.5. The molecule has 0 radical (unpaired) electrons. The van der Waals surface area contributed by atoms with Gasteiger partial charge in [-0.3, -0.25) is 39.1 Å². The number of Topliss-reactive ketones (excluding diaryl/α,β-unsaturated/α-hetero) is 1. The van der Waals surface area contributed by atoms with Crippen LogP contribution in [0, 0.1) is 36.4 Å². The molecule has 83 heavy (non-hydrogen) atoms. The maximum atomic E-state index is 14.7. The topological polar surface area (TPSA) is 333 Å². The molecule has 4 aliphatic heterocycles. The third-order valence-corrected chi connectivity index (χ3v) is 15.6. The van der Waals surface area contributed by atoms with Gasteiger partial charge in [-0.1, -0.05) is 51.1 Å². The highest BCUT2D eigenvalue weighted by molar-refractivity contribution is 6.23. The standard InChI is InChI=1S/C57H76FN9O16/c1-30-12-10-13-31(2)54(75)61-45-39(26-60-66-19-15-37(16-20-66)59-29-80-25-24-79-23-21-67-27-38(63-64-67)14-11-18-65-28-40(58)55(76)62-56(65)77)49(72)42-43(50(45)73)48(71)35(6)52-44(42)53(74)57(8,83-52)81-22-17-41(78-9)32(3)51(82-36(7)68)34(5)47(70)33(4)46(30)69/h10,12-13,17,22,26-28,30,32-34,37,41,46-47,51,59,69-73H,11,14-16,18-21,23-25,29H2,1-9H3,(H,61,75)(H,62,76,77)/b12-10+,22-17+,31-13-,60-26+/t30-,32+,33+,34+,41-,46-,47+,51+,57-/m0/s1. The fraction of sp³-hybridized carbons (Fsp3) is 0.544. The molecule has 25 nitrogen and oxygen atoms in total. The zero-order valence-corrected chi connectivity index (χ0v) is 48.1. The van der Waals surface area contributed by atoms with Crippen molar-refractivity contribution in [2.75, 3.05) is 52.1 Å². The van der Waals surface area contributed by atoms with E-state index in [2.05, 4.69) is 26.0 Å². The van der Waals surface area contributed by atoms with Crippen LogP contribution in [0.5, 0.6) is 23.0 Å². The van der Waals surface area contributed by atoms with E-state index in [1.165, 1.54) is 59.4 Å². The van der Waals surface area contributed by atoms with E-state index in [-0.39, 0.29) is 63.8 Å². The number of esters is 1. The number of rotatable bonds is 17. The Balaban J connectivity index is 1.03. The number of aromatic nitrogens is 5. The lowest BCUT2D eigenvalue weighted by atomic mass is 9.78. The van der Waals surface area contributed by atoms with E-state index in [0.29, 0.717) is 70.8 Å². The summed E-state index contributed by atoms with van der Waals surface area (Å²) in [7, 11) is 1.42. The van der Waals surface area contributed by atoms with E-state index in [4.69, 9.17) is 28.4 Å². The van der Waals surface area contributed by atoms with Crippen LogP contribution in [0.1, 0.15) is 94.9 Å². The molecular formula is C57H76FN9O16. The van der Waals surface area contributed by atoms with E-state index in [0.717, 1.165) is 10.8 Å². The Morgan fingerprint density at radius 1 is 0.940 bits per heavy atom. The van der Waals surface area contributed by atoms with Gasteiger partial charge < -0.3 is 59.3 Å². The molecule has 4 aromatic rings. The molecule has 26 heteroatoms. The van der Waals surface area contributed by atoms with E-state index in [9.17, 15) is 53.9 Å². The number of allylic oxidation sites excluding steroid dienone is 2. The summed E-state index contributed by atoms with van der Waals surface area (Å²) in [6, 6.07) is 0.0638. The molecule has 2 aromatic heterocycles. The highest BCUT2D eigenvalue weighted by Gasteiger charge is 2.50. The average Bonchev–Trinajstić information content (AvgIpc) is 2.85. The number of aliphatic hydroxyl groups is 2. The number of hydrazone groups is 1. The molecule has 1 saturated heterocycles. The van der Waals surface area contributed by atoms with Crippen LogP contribution in [0.3, 0.4) is 0 Å². The van der Waals surface area contributed by atoms with Crippen LogP contribution in [0.2, 0.25) is 0 Å². The fourth-order valence-electron chi connectivity index (χ4n) is 10.5. The number of hydrogen-bond acceptors (Lipinski definition) is 21. The number of nitrogens with zero attached hydrogens (tertiary/aromatic N) is 6. The summed E-state index contributed by atoms with van der Waals surface area (Å²) in [5.41, 5.74) is -1.64. The van der Waals surface area contributed by atoms with Gasteiger partial charge in [-0.25, -0.2) is 9.48 Å². The summed E-state index contributed by atoms with van der Waals surface area (Å²) in [6.07, 6.45) is 9.48. The first kappa shape index (κ1) is 63.1. The van der Waals surface area contributed by atoms with Crippen molar-refractivity contribution >= 4 is 40.3 Å². The summed E-state index contributed by atoms with van der Waals surface area (Å²) in [4.78, 5) is 66.2. The molecule has 5 bridgehead atoms. The quantitative estimate of drug-likeness (QED) is 0.0185. The Morgan fingerprint density at radius 2 is 1.66 bits per heavy atom. The van der Waals surface area contributed by atoms with Crippen molar-refractivity contribution in [3.05, 3.63) is 97.6 Å². The van der Waals surface area contributed by atoms with Crippen molar-refractivity contribution in [2.45, 2.75) is 130 Å². The van der Waals surface area contributed by atoms with Gasteiger partial charge in [-0.2, -0.15) is 9.49 Å². The van der Waals surface area contributed by atoms with Crippen molar-refractivity contribution < 1.29 is 72.7 Å². The number of carbonyl (C=O) groups excluding carboxylic acids is 3. The largest absolute Gasteiger partial charge is 0.507 e. The summed E-state index contributed by atoms with van der Waals surface area (Å²) >= 11 is 0. The Labute approximate surface area is 478 Å².